The van der Waals surface area contributed by atoms with Crippen LogP contribution in [-0.4, -0.2) is 20.7 Å². The van der Waals surface area contributed by atoms with Gasteiger partial charge in [-0.15, -0.1) is 0 Å². The zero-order chi connectivity index (χ0) is 24.1. The van der Waals surface area contributed by atoms with Gasteiger partial charge in [0.25, 0.3) is 0 Å². The minimum absolute atomic E-state index is 0.140. The molecule has 1 fully saturated rings. The molecule has 2 aromatic heterocycles. The van der Waals surface area contributed by atoms with Crippen molar-refractivity contribution >= 4 is 29.1 Å². The minimum atomic E-state index is -0.624. The molecule has 0 unspecified atom stereocenters. The van der Waals surface area contributed by atoms with E-state index in [1.165, 1.54) is 17.8 Å². The Morgan fingerprint density at radius 1 is 1.18 bits per heavy atom. The molecule has 0 spiro atoms. The molecular weight excluding hydrogens is 454 g/mol. The highest BCUT2D eigenvalue weighted by Crippen LogP contribution is 2.33. The number of hydrogen-bond acceptors (Lipinski definition) is 6. The first-order valence-electron chi connectivity index (χ1n) is 11.1. The number of aryl methyl sites for hydroxylation is 1. The van der Waals surface area contributed by atoms with Crippen molar-refractivity contribution in [3.63, 3.8) is 0 Å². The van der Waals surface area contributed by atoms with Crippen LogP contribution in [-0.2, 0) is 0 Å². The van der Waals surface area contributed by atoms with Gasteiger partial charge in [-0.05, 0) is 61.8 Å². The lowest BCUT2D eigenvalue weighted by atomic mass is 9.82. The molecule has 1 aliphatic carbocycles. The number of rotatable bonds is 7. The summed E-state index contributed by atoms with van der Waals surface area (Å²) < 4.78 is 5.86. The Bertz CT molecular complexity index is 1230. The first-order chi connectivity index (χ1) is 16.4. The van der Waals surface area contributed by atoms with Crippen LogP contribution in [0.25, 0.3) is 6.08 Å². The van der Waals surface area contributed by atoms with Gasteiger partial charge in [0.15, 0.2) is 5.78 Å². The number of benzene rings is 1. The number of carbonyl (C=O) groups excluding carboxylic acids is 1. The van der Waals surface area contributed by atoms with Crippen molar-refractivity contribution < 1.29 is 14.5 Å². The van der Waals surface area contributed by atoms with Crippen LogP contribution in [0.5, 0.6) is 11.6 Å². The van der Waals surface area contributed by atoms with Crippen LogP contribution in [0.4, 0.5) is 5.69 Å². The second kappa shape index (κ2) is 10.6. The number of hydrogen-bond donors (Lipinski definition) is 0. The first-order valence-corrected chi connectivity index (χ1v) is 11.5. The lowest BCUT2D eigenvalue weighted by Crippen LogP contribution is -2.14. The molecular formula is C26H24ClN3O4. The lowest BCUT2D eigenvalue weighted by molar-refractivity contribution is -0.385. The van der Waals surface area contributed by atoms with E-state index in [0.717, 1.165) is 42.6 Å². The summed E-state index contributed by atoms with van der Waals surface area (Å²) in [6, 6.07) is 12.9. The fourth-order valence-electron chi connectivity index (χ4n) is 4.03. The van der Waals surface area contributed by atoms with Gasteiger partial charge in [-0.3, -0.25) is 14.9 Å². The number of allylic oxidation sites excluding steroid dienone is 1. The number of nitrogens with zero attached hydrogens (tertiary/aromatic N) is 3. The van der Waals surface area contributed by atoms with Crippen molar-refractivity contribution in [2.75, 3.05) is 0 Å². The highest BCUT2D eigenvalue weighted by Gasteiger charge is 2.23. The quantitative estimate of drug-likeness (QED) is 0.157. The Morgan fingerprint density at radius 3 is 2.68 bits per heavy atom. The summed E-state index contributed by atoms with van der Waals surface area (Å²) in [7, 11) is 0. The van der Waals surface area contributed by atoms with Crippen LogP contribution >= 0.6 is 11.6 Å². The van der Waals surface area contributed by atoms with E-state index in [4.69, 9.17) is 16.3 Å². The van der Waals surface area contributed by atoms with Crippen molar-refractivity contribution in [3.8, 4) is 11.6 Å². The molecule has 0 bridgehead atoms. The van der Waals surface area contributed by atoms with E-state index in [1.54, 1.807) is 6.20 Å². The van der Waals surface area contributed by atoms with Gasteiger partial charge >= 0.3 is 5.69 Å². The topological polar surface area (TPSA) is 95.2 Å². The third-order valence-electron chi connectivity index (χ3n) is 5.90. The summed E-state index contributed by atoms with van der Waals surface area (Å²) in [6.07, 6.45) is 9.21. The van der Waals surface area contributed by atoms with E-state index in [0.29, 0.717) is 12.3 Å². The molecule has 1 aromatic carbocycles. The van der Waals surface area contributed by atoms with Crippen molar-refractivity contribution in [2.45, 2.75) is 39.0 Å². The average Bonchev–Trinajstić information content (AvgIpc) is 2.82. The summed E-state index contributed by atoms with van der Waals surface area (Å²) in [4.78, 5) is 31.1. The standard InChI is InChI=1S/C26H24ClN3O4/c1-17-5-10-25(28-15-17)34-22-4-2-3-20(12-22)11-18-6-8-19(9-7-18)13-24(31)21-14-23(30(32)33)26(27)29-16-21/h2-5,10-12,14-16,19H,6-9,13H2,1H3. The molecule has 8 heteroatoms. The van der Waals surface area contributed by atoms with Crippen LogP contribution in [0, 0.1) is 23.0 Å². The molecule has 1 saturated carbocycles. The summed E-state index contributed by atoms with van der Waals surface area (Å²) >= 11 is 5.74. The van der Waals surface area contributed by atoms with Crippen LogP contribution < -0.4 is 4.74 Å². The second-order valence-corrected chi connectivity index (χ2v) is 8.87. The van der Waals surface area contributed by atoms with E-state index < -0.39 is 4.92 Å². The summed E-state index contributed by atoms with van der Waals surface area (Å²) in [6.45, 7) is 1.98. The number of Topliss-reactive ketones (excluding diaryl/α,β-unsaturated/α-hetero) is 1. The number of nitro groups is 1. The van der Waals surface area contributed by atoms with E-state index in [2.05, 4.69) is 16.0 Å². The van der Waals surface area contributed by atoms with Crippen LogP contribution in [0.2, 0.25) is 5.15 Å². The van der Waals surface area contributed by atoms with Gasteiger partial charge in [-0.2, -0.15) is 0 Å². The number of ketones is 1. The summed E-state index contributed by atoms with van der Waals surface area (Å²) in [5, 5.41) is 10.8. The third kappa shape index (κ3) is 6.05. The van der Waals surface area contributed by atoms with Crippen LogP contribution in [0.3, 0.4) is 0 Å². The molecule has 0 N–H and O–H groups in total. The summed E-state index contributed by atoms with van der Waals surface area (Å²) in [5.74, 6) is 1.39. The van der Waals surface area contributed by atoms with Gasteiger partial charge < -0.3 is 4.74 Å². The maximum Gasteiger partial charge on any atom is 0.307 e. The normalized spacial score (nSPS) is 15.6. The molecule has 3 aromatic rings. The molecule has 174 valence electrons. The Hall–Kier alpha value is -3.58. The predicted octanol–water partition coefficient (Wildman–Crippen LogP) is 6.99. The van der Waals surface area contributed by atoms with Gasteiger partial charge in [-0.1, -0.05) is 41.4 Å². The van der Waals surface area contributed by atoms with Crippen molar-refractivity contribution in [2.24, 2.45) is 5.92 Å². The molecule has 0 radical (unpaired) electrons. The monoisotopic (exact) mass is 477 g/mol. The zero-order valence-corrected chi connectivity index (χ0v) is 19.5. The number of ether oxygens (including phenoxy) is 1. The molecule has 4 rings (SSSR count). The molecule has 1 aliphatic rings. The zero-order valence-electron chi connectivity index (χ0n) is 18.7. The Kier molecular flexibility index (Phi) is 7.33. The van der Waals surface area contributed by atoms with Gasteiger partial charge in [0.1, 0.15) is 5.75 Å². The van der Waals surface area contributed by atoms with E-state index >= 15 is 0 Å². The fourth-order valence-corrected chi connectivity index (χ4v) is 4.21. The first kappa shape index (κ1) is 23.6. The second-order valence-electron chi connectivity index (χ2n) is 8.51. The largest absolute Gasteiger partial charge is 0.439 e. The molecule has 34 heavy (non-hydrogen) atoms. The summed E-state index contributed by atoms with van der Waals surface area (Å²) in [5.41, 5.74) is 3.36. The van der Waals surface area contributed by atoms with Gasteiger partial charge in [-0.25, -0.2) is 9.97 Å². The maximum absolute atomic E-state index is 12.6. The molecule has 7 nitrogen and oxygen atoms in total. The molecule has 0 saturated heterocycles. The fraction of sp³-hybridized carbons (Fsp3) is 0.269. The molecule has 0 atom stereocenters. The number of carbonyl (C=O) groups is 1. The molecule has 0 aliphatic heterocycles. The number of pyridine rings is 2. The molecule has 2 heterocycles. The SMILES string of the molecule is Cc1ccc(Oc2cccc(C=C3CCC(CC(=O)c4cnc(Cl)c([N+](=O)[O-])c4)CC3)c2)nc1. The third-order valence-corrected chi connectivity index (χ3v) is 6.19. The van der Waals surface area contributed by atoms with E-state index in [-0.39, 0.29) is 28.1 Å². The highest BCUT2D eigenvalue weighted by atomic mass is 35.5. The Balaban J connectivity index is 1.34. The van der Waals surface area contributed by atoms with Crippen molar-refractivity contribution in [1.29, 1.82) is 0 Å². The number of aromatic nitrogens is 2. The van der Waals surface area contributed by atoms with Gasteiger partial charge in [0.2, 0.25) is 11.0 Å². The smallest absolute Gasteiger partial charge is 0.307 e. The Labute approximate surface area is 202 Å². The predicted molar refractivity (Wildman–Crippen MR) is 130 cm³/mol. The van der Waals surface area contributed by atoms with E-state index in [9.17, 15) is 14.9 Å². The van der Waals surface area contributed by atoms with Crippen LogP contribution in [0.1, 0.15) is 53.6 Å². The highest BCUT2D eigenvalue weighted by molar-refractivity contribution is 6.31. The van der Waals surface area contributed by atoms with E-state index in [1.807, 2.05) is 43.3 Å². The Morgan fingerprint density at radius 2 is 1.97 bits per heavy atom. The van der Waals surface area contributed by atoms with Crippen LogP contribution in [0.15, 0.2) is 60.4 Å². The number of halogens is 1. The van der Waals surface area contributed by atoms with Gasteiger partial charge in [0.05, 0.1) is 4.92 Å². The molecule has 0 amide bonds. The lowest BCUT2D eigenvalue weighted by Gasteiger charge is -2.23. The maximum atomic E-state index is 12.6. The van der Waals surface area contributed by atoms with Crippen molar-refractivity contribution in [3.05, 3.63) is 92.4 Å². The van der Waals surface area contributed by atoms with Gasteiger partial charge in [0, 0.05) is 36.5 Å². The average molecular weight is 478 g/mol. The minimum Gasteiger partial charge on any atom is -0.439 e. The van der Waals surface area contributed by atoms with Crippen molar-refractivity contribution in [1.82, 2.24) is 9.97 Å².